The van der Waals surface area contributed by atoms with Crippen LogP contribution in [0.25, 0.3) is 0 Å². The first-order chi connectivity index (χ1) is 10.7. The Kier molecular flexibility index (Phi) is 4.43. The standard InChI is InChI=1S/C17H23N3O2/c1-20(17(22)12-8-9-12)15-7-3-2-6-14(15)16(21)19-13-5-4-10-18-11-13/h2-3,6-7,12-13,18H,4-5,8-11H2,1H3,(H,19,21). The van der Waals surface area contributed by atoms with Gasteiger partial charge in [0.25, 0.3) is 5.91 Å². The highest BCUT2D eigenvalue weighted by Gasteiger charge is 2.33. The molecule has 1 heterocycles. The van der Waals surface area contributed by atoms with Gasteiger partial charge in [-0.15, -0.1) is 0 Å². The Morgan fingerprint density at radius 3 is 2.68 bits per heavy atom. The first-order valence-electron chi connectivity index (χ1n) is 8.05. The van der Waals surface area contributed by atoms with Crippen LogP contribution in [0.1, 0.15) is 36.0 Å². The smallest absolute Gasteiger partial charge is 0.253 e. The lowest BCUT2D eigenvalue weighted by Crippen LogP contribution is -2.46. The van der Waals surface area contributed by atoms with Gasteiger partial charge in [-0.25, -0.2) is 0 Å². The van der Waals surface area contributed by atoms with E-state index in [1.165, 1.54) is 0 Å². The van der Waals surface area contributed by atoms with Gasteiger partial charge >= 0.3 is 0 Å². The molecule has 0 radical (unpaired) electrons. The Bertz CT molecular complexity index is 563. The second-order valence-electron chi connectivity index (χ2n) is 6.21. The third-order valence-electron chi connectivity index (χ3n) is 4.40. The Balaban J connectivity index is 1.74. The molecule has 3 rings (SSSR count). The number of rotatable bonds is 4. The van der Waals surface area contributed by atoms with Gasteiger partial charge in [0, 0.05) is 25.6 Å². The average Bonchev–Trinajstić information content (AvgIpc) is 3.39. The number of para-hydroxylation sites is 1. The highest BCUT2D eigenvalue weighted by atomic mass is 16.2. The third kappa shape index (κ3) is 3.30. The summed E-state index contributed by atoms with van der Waals surface area (Å²) in [6.07, 6.45) is 4.00. The topological polar surface area (TPSA) is 61.4 Å². The monoisotopic (exact) mass is 301 g/mol. The minimum Gasteiger partial charge on any atom is -0.348 e. The molecule has 1 atom stereocenters. The molecule has 2 amide bonds. The van der Waals surface area contributed by atoms with E-state index < -0.39 is 0 Å². The molecule has 0 spiro atoms. The van der Waals surface area contributed by atoms with Crippen LogP contribution in [0.5, 0.6) is 0 Å². The maximum Gasteiger partial charge on any atom is 0.253 e. The van der Waals surface area contributed by atoms with Gasteiger partial charge in [-0.3, -0.25) is 9.59 Å². The summed E-state index contributed by atoms with van der Waals surface area (Å²) in [5.41, 5.74) is 1.27. The Labute approximate surface area is 131 Å². The number of amides is 2. The molecule has 2 N–H and O–H groups in total. The number of carbonyl (C=O) groups excluding carboxylic acids is 2. The summed E-state index contributed by atoms with van der Waals surface area (Å²) in [4.78, 5) is 26.5. The summed E-state index contributed by atoms with van der Waals surface area (Å²) >= 11 is 0. The minimum atomic E-state index is -0.0975. The Morgan fingerprint density at radius 1 is 1.23 bits per heavy atom. The van der Waals surface area contributed by atoms with Crippen LogP contribution in [0.15, 0.2) is 24.3 Å². The second-order valence-corrected chi connectivity index (χ2v) is 6.21. The number of piperidine rings is 1. The number of nitrogens with zero attached hydrogens (tertiary/aromatic N) is 1. The van der Waals surface area contributed by atoms with Crippen LogP contribution in [-0.2, 0) is 4.79 Å². The average molecular weight is 301 g/mol. The molecule has 1 aromatic rings. The fraction of sp³-hybridized carbons (Fsp3) is 0.529. The molecular formula is C17H23N3O2. The van der Waals surface area contributed by atoms with E-state index in [0.717, 1.165) is 38.8 Å². The van der Waals surface area contributed by atoms with E-state index in [-0.39, 0.29) is 23.8 Å². The predicted octanol–water partition coefficient (Wildman–Crippen LogP) is 1.54. The Morgan fingerprint density at radius 2 is 2.00 bits per heavy atom. The zero-order chi connectivity index (χ0) is 15.5. The molecule has 118 valence electrons. The van der Waals surface area contributed by atoms with Gasteiger partial charge in [-0.1, -0.05) is 12.1 Å². The number of carbonyl (C=O) groups is 2. The van der Waals surface area contributed by atoms with Gasteiger partial charge in [0.2, 0.25) is 5.91 Å². The summed E-state index contributed by atoms with van der Waals surface area (Å²) in [6.45, 7) is 1.83. The lowest BCUT2D eigenvalue weighted by Gasteiger charge is -2.25. The highest BCUT2D eigenvalue weighted by molar-refractivity contribution is 6.05. The maximum absolute atomic E-state index is 12.6. The molecule has 5 nitrogen and oxygen atoms in total. The first-order valence-corrected chi connectivity index (χ1v) is 8.05. The molecule has 5 heteroatoms. The van der Waals surface area contributed by atoms with E-state index in [9.17, 15) is 9.59 Å². The SMILES string of the molecule is CN(C(=O)C1CC1)c1ccccc1C(=O)NC1CCCNC1. The van der Waals surface area contributed by atoms with Gasteiger partial charge in [0.15, 0.2) is 0 Å². The van der Waals surface area contributed by atoms with Gasteiger partial charge in [0.1, 0.15) is 0 Å². The molecule has 1 unspecified atom stereocenters. The molecule has 2 aliphatic rings. The van der Waals surface area contributed by atoms with Crippen LogP contribution >= 0.6 is 0 Å². The quantitative estimate of drug-likeness (QED) is 0.887. The Hall–Kier alpha value is -1.88. The lowest BCUT2D eigenvalue weighted by molar-refractivity contribution is -0.119. The molecule has 0 aromatic heterocycles. The number of hydrogen-bond donors (Lipinski definition) is 2. The van der Waals surface area contributed by atoms with Crippen molar-refractivity contribution in [3.63, 3.8) is 0 Å². The molecule has 2 fully saturated rings. The zero-order valence-corrected chi connectivity index (χ0v) is 13.0. The minimum absolute atomic E-state index is 0.0975. The van der Waals surface area contributed by atoms with Crippen molar-refractivity contribution in [1.82, 2.24) is 10.6 Å². The molecule has 1 aliphatic carbocycles. The second kappa shape index (κ2) is 6.48. The van der Waals surface area contributed by atoms with Gasteiger partial charge in [0.05, 0.1) is 11.3 Å². The number of nitrogens with one attached hydrogen (secondary N) is 2. The number of benzene rings is 1. The van der Waals surface area contributed by atoms with Crippen molar-refractivity contribution < 1.29 is 9.59 Å². The fourth-order valence-electron chi connectivity index (χ4n) is 2.92. The molecular weight excluding hydrogens is 278 g/mol. The summed E-state index contributed by atoms with van der Waals surface area (Å²) in [5, 5.41) is 6.37. The van der Waals surface area contributed by atoms with Crippen LogP contribution in [-0.4, -0.2) is 38.0 Å². The zero-order valence-electron chi connectivity index (χ0n) is 13.0. The molecule has 1 saturated carbocycles. The van der Waals surface area contributed by atoms with Crippen LogP contribution in [0.4, 0.5) is 5.69 Å². The highest BCUT2D eigenvalue weighted by Crippen LogP contribution is 2.33. The van der Waals surface area contributed by atoms with E-state index in [0.29, 0.717) is 11.3 Å². The molecule has 1 aliphatic heterocycles. The van der Waals surface area contributed by atoms with Crippen molar-refractivity contribution in [2.24, 2.45) is 5.92 Å². The van der Waals surface area contributed by atoms with Crippen LogP contribution in [0.3, 0.4) is 0 Å². The lowest BCUT2D eigenvalue weighted by atomic mass is 10.1. The van der Waals surface area contributed by atoms with E-state index in [1.54, 1.807) is 18.0 Å². The van der Waals surface area contributed by atoms with Crippen molar-refractivity contribution in [1.29, 1.82) is 0 Å². The molecule has 22 heavy (non-hydrogen) atoms. The molecule has 1 saturated heterocycles. The third-order valence-corrected chi connectivity index (χ3v) is 4.40. The van der Waals surface area contributed by atoms with Gasteiger partial charge in [-0.05, 0) is 44.4 Å². The van der Waals surface area contributed by atoms with Crippen LogP contribution < -0.4 is 15.5 Å². The van der Waals surface area contributed by atoms with Crippen molar-refractivity contribution in [2.75, 3.05) is 25.0 Å². The predicted molar refractivity (Wildman–Crippen MR) is 85.9 cm³/mol. The summed E-state index contributed by atoms with van der Waals surface area (Å²) < 4.78 is 0. The van der Waals surface area contributed by atoms with E-state index in [1.807, 2.05) is 18.2 Å². The number of anilines is 1. The van der Waals surface area contributed by atoms with Crippen molar-refractivity contribution in [3.8, 4) is 0 Å². The molecule has 1 aromatic carbocycles. The van der Waals surface area contributed by atoms with Crippen molar-refractivity contribution >= 4 is 17.5 Å². The fourth-order valence-corrected chi connectivity index (χ4v) is 2.92. The van der Waals surface area contributed by atoms with Gasteiger partial charge < -0.3 is 15.5 Å². The summed E-state index contributed by atoms with van der Waals surface area (Å²) in [6, 6.07) is 7.50. The molecule has 0 bridgehead atoms. The largest absolute Gasteiger partial charge is 0.348 e. The first kappa shape index (κ1) is 15.0. The van der Waals surface area contributed by atoms with E-state index >= 15 is 0 Å². The van der Waals surface area contributed by atoms with Crippen LogP contribution in [0, 0.1) is 5.92 Å². The number of hydrogen-bond acceptors (Lipinski definition) is 3. The van der Waals surface area contributed by atoms with Gasteiger partial charge in [-0.2, -0.15) is 0 Å². The normalized spacial score (nSPS) is 21.2. The van der Waals surface area contributed by atoms with E-state index in [2.05, 4.69) is 10.6 Å². The van der Waals surface area contributed by atoms with E-state index in [4.69, 9.17) is 0 Å². The summed E-state index contributed by atoms with van der Waals surface area (Å²) in [7, 11) is 1.76. The summed E-state index contributed by atoms with van der Waals surface area (Å²) in [5.74, 6) is 0.156. The maximum atomic E-state index is 12.6. The van der Waals surface area contributed by atoms with Crippen molar-refractivity contribution in [3.05, 3.63) is 29.8 Å². The van der Waals surface area contributed by atoms with Crippen LogP contribution in [0.2, 0.25) is 0 Å². The van der Waals surface area contributed by atoms with Crippen molar-refractivity contribution in [2.45, 2.75) is 31.7 Å².